The Balaban J connectivity index is 1.93. The minimum Gasteiger partial charge on any atom is -0.335 e. The van der Waals surface area contributed by atoms with E-state index in [1.54, 1.807) is 12.1 Å². The Morgan fingerprint density at radius 2 is 2.05 bits per heavy atom. The zero-order valence-corrected chi connectivity index (χ0v) is 11.5. The Hall–Kier alpha value is -1.58. The van der Waals surface area contributed by atoms with Gasteiger partial charge in [-0.15, -0.1) is 0 Å². The van der Waals surface area contributed by atoms with E-state index in [9.17, 15) is 9.18 Å². The number of carbonyl (C=O) groups is 1. The van der Waals surface area contributed by atoms with E-state index >= 15 is 0 Å². The average Bonchev–Trinajstić information content (AvgIpc) is 2.36. The van der Waals surface area contributed by atoms with Gasteiger partial charge in [0.05, 0.1) is 5.69 Å². The molecule has 1 aliphatic rings. The number of amides is 2. The molecule has 1 aromatic carbocycles. The van der Waals surface area contributed by atoms with Gasteiger partial charge in [0.25, 0.3) is 0 Å². The summed E-state index contributed by atoms with van der Waals surface area (Å²) in [7, 11) is 0. The number of nitrogens with one attached hydrogen (secondary N) is 2. The highest BCUT2D eigenvalue weighted by molar-refractivity contribution is 5.89. The van der Waals surface area contributed by atoms with Crippen LogP contribution in [-0.4, -0.2) is 12.1 Å². The molecule has 19 heavy (non-hydrogen) atoms. The summed E-state index contributed by atoms with van der Waals surface area (Å²) in [4.78, 5) is 11.9. The van der Waals surface area contributed by atoms with Crippen molar-refractivity contribution in [3.05, 3.63) is 29.6 Å². The lowest BCUT2D eigenvalue weighted by Gasteiger charge is -2.29. The van der Waals surface area contributed by atoms with Crippen LogP contribution >= 0.6 is 0 Å². The van der Waals surface area contributed by atoms with E-state index in [1.165, 1.54) is 12.5 Å². The molecule has 4 heteroatoms. The maximum Gasteiger partial charge on any atom is 0.319 e. The van der Waals surface area contributed by atoms with Gasteiger partial charge in [0.1, 0.15) is 5.82 Å². The lowest BCUT2D eigenvalue weighted by molar-refractivity contribution is 0.232. The van der Waals surface area contributed by atoms with E-state index in [-0.39, 0.29) is 17.8 Å². The third kappa shape index (κ3) is 3.69. The third-order valence-electron chi connectivity index (χ3n) is 3.80. The summed E-state index contributed by atoms with van der Waals surface area (Å²) in [6.45, 7) is 3.97. The molecule has 2 amide bonds. The summed E-state index contributed by atoms with van der Waals surface area (Å²) in [5, 5.41) is 5.52. The van der Waals surface area contributed by atoms with Crippen LogP contribution in [0, 0.1) is 18.7 Å². The summed E-state index contributed by atoms with van der Waals surface area (Å²) in [5.74, 6) is 0.0919. The molecule has 2 atom stereocenters. The van der Waals surface area contributed by atoms with E-state index in [0.717, 1.165) is 24.8 Å². The first-order valence-corrected chi connectivity index (χ1v) is 6.90. The van der Waals surface area contributed by atoms with Gasteiger partial charge in [0.2, 0.25) is 0 Å². The number of rotatable bonds is 2. The third-order valence-corrected chi connectivity index (χ3v) is 3.80. The fraction of sp³-hybridized carbons (Fsp3) is 0.533. The predicted octanol–water partition coefficient (Wildman–Crippen LogP) is 3.83. The van der Waals surface area contributed by atoms with Gasteiger partial charge in [0.15, 0.2) is 0 Å². The van der Waals surface area contributed by atoms with Crippen molar-refractivity contribution in [3.63, 3.8) is 0 Å². The van der Waals surface area contributed by atoms with Crippen molar-refractivity contribution < 1.29 is 9.18 Å². The molecule has 3 nitrogen and oxygen atoms in total. The molecular formula is C15H21FN2O. The van der Waals surface area contributed by atoms with Crippen LogP contribution in [0.1, 0.15) is 38.2 Å². The van der Waals surface area contributed by atoms with Crippen molar-refractivity contribution in [3.8, 4) is 0 Å². The summed E-state index contributed by atoms with van der Waals surface area (Å²) in [5.41, 5.74) is 1.07. The summed E-state index contributed by atoms with van der Waals surface area (Å²) in [6.07, 6.45) is 4.52. The normalized spacial score (nSPS) is 22.9. The first-order valence-electron chi connectivity index (χ1n) is 6.90. The second kappa shape index (κ2) is 6.04. The van der Waals surface area contributed by atoms with Gasteiger partial charge in [0, 0.05) is 6.04 Å². The molecule has 1 saturated carbocycles. The molecular weight excluding hydrogens is 243 g/mol. The van der Waals surface area contributed by atoms with E-state index in [1.807, 2.05) is 6.92 Å². The molecule has 0 bridgehead atoms. The minimum atomic E-state index is -0.396. The Morgan fingerprint density at radius 3 is 2.74 bits per heavy atom. The fourth-order valence-corrected chi connectivity index (χ4v) is 2.58. The molecule has 1 aliphatic carbocycles. The van der Waals surface area contributed by atoms with Gasteiger partial charge in [-0.05, 0) is 43.4 Å². The van der Waals surface area contributed by atoms with Crippen molar-refractivity contribution in [1.82, 2.24) is 5.32 Å². The molecule has 1 aromatic rings. The highest BCUT2D eigenvalue weighted by Crippen LogP contribution is 2.24. The number of anilines is 1. The Labute approximate surface area is 113 Å². The second-order valence-corrected chi connectivity index (χ2v) is 5.45. The van der Waals surface area contributed by atoms with E-state index in [4.69, 9.17) is 0 Å². The molecule has 0 saturated heterocycles. The monoisotopic (exact) mass is 264 g/mol. The second-order valence-electron chi connectivity index (χ2n) is 5.45. The summed E-state index contributed by atoms with van der Waals surface area (Å²) in [6, 6.07) is 4.67. The number of halogens is 1. The molecule has 0 aromatic heterocycles. The SMILES string of the molecule is Cc1ccc(NC(=O)NC2CCCCC2C)c(F)c1. The van der Waals surface area contributed by atoms with Crippen molar-refractivity contribution in [2.24, 2.45) is 5.92 Å². The maximum atomic E-state index is 13.6. The zero-order chi connectivity index (χ0) is 13.8. The van der Waals surface area contributed by atoms with Gasteiger partial charge >= 0.3 is 6.03 Å². The number of benzene rings is 1. The average molecular weight is 264 g/mol. The molecule has 0 radical (unpaired) electrons. The van der Waals surface area contributed by atoms with Crippen molar-refractivity contribution in [1.29, 1.82) is 0 Å². The molecule has 0 spiro atoms. The smallest absolute Gasteiger partial charge is 0.319 e. The van der Waals surface area contributed by atoms with Crippen LogP contribution in [0.15, 0.2) is 18.2 Å². The van der Waals surface area contributed by atoms with Crippen molar-refractivity contribution >= 4 is 11.7 Å². The predicted molar refractivity (Wildman–Crippen MR) is 74.7 cm³/mol. The molecule has 2 rings (SSSR count). The van der Waals surface area contributed by atoms with Gasteiger partial charge in [-0.1, -0.05) is 25.8 Å². The van der Waals surface area contributed by atoms with Crippen LogP contribution in [0.3, 0.4) is 0 Å². The number of urea groups is 1. The van der Waals surface area contributed by atoms with Gasteiger partial charge in [-0.3, -0.25) is 0 Å². The fourth-order valence-electron chi connectivity index (χ4n) is 2.58. The van der Waals surface area contributed by atoms with Crippen LogP contribution in [0.5, 0.6) is 0 Å². The molecule has 2 unspecified atom stereocenters. The number of carbonyl (C=O) groups excluding carboxylic acids is 1. The Morgan fingerprint density at radius 1 is 1.32 bits per heavy atom. The lowest BCUT2D eigenvalue weighted by Crippen LogP contribution is -2.43. The van der Waals surface area contributed by atoms with Crippen LogP contribution in [0.2, 0.25) is 0 Å². The molecule has 1 fully saturated rings. The minimum absolute atomic E-state index is 0.197. The standard InChI is InChI=1S/C15H21FN2O/c1-10-7-8-14(12(16)9-10)18-15(19)17-13-6-4-3-5-11(13)2/h7-9,11,13H,3-6H2,1-2H3,(H2,17,18,19). The quantitative estimate of drug-likeness (QED) is 0.837. The largest absolute Gasteiger partial charge is 0.335 e. The number of aryl methyl sites for hydroxylation is 1. The van der Waals surface area contributed by atoms with Crippen LogP contribution < -0.4 is 10.6 Å². The van der Waals surface area contributed by atoms with E-state index in [2.05, 4.69) is 17.6 Å². The van der Waals surface area contributed by atoms with Crippen molar-refractivity contribution in [2.75, 3.05) is 5.32 Å². The van der Waals surface area contributed by atoms with Crippen LogP contribution in [0.4, 0.5) is 14.9 Å². The topological polar surface area (TPSA) is 41.1 Å². The Kier molecular flexibility index (Phi) is 4.40. The lowest BCUT2D eigenvalue weighted by atomic mass is 9.86. The zero-order valence-electron chi connectivity index (χ0n) is 11.5. The first kappa shape index (κ1) is 13.8. The first-order chi connectivity index (χ1) is 9.06. The van der Waals surface area contributed by atoms with Gasteiger partial charge in [-0.25, -0.2) is 9.18 Å². The Bertz CT molecular complexity index is 461. The maximum absolute atomic E-state index is 13.6. The number of hydrogen-bond donors (Lipinski definition) is 2. The van der Waals surface area contributed by atoms with Crippen molar-refractivity contribution in [2.45, 2.75) is 45.6 Å². The highest BCUT2D eigenvalue weighted by atomic mass is 19.1. The molecule has 104 valence electrons. The van der Waals surface area contributed by atoms with Gasteiger partial charge in [-0.2, -0.15) is 0 Å². The molecule has 0 heterocycles. The summed E-state index contributed by atoms with van der Waals surface area (Å²) < 4.78 is 13.6. The summed E-state index contributed by atoms with van der Waals surface area (Å²) >= 11 is 0. The molecule has 2 N–H and O–H groups in total. The molecule has 0 aliphatic heterocycles. The van der Waals surface area contributed by atoms with Crippen LogP contribution in [0.25, 0.3) is 0 Å². The highest BCUT2D eigenvalue weighted by Gasteiger charge is 2.22. The number of hydrogen-bond acceptors (Lipinski definition) is 1. The van der Waals surface area contributed by atoms with Gasteiger partial charge < -0.3 is 10.6 Å². The van der Waals surface area contributed by atoms with E-state index in [0.29, 0.717) is 5.92 Å². The van der Waals surface area contributed by atoms with Crippen LogP contribution in [-0.2, 0) is 0 Å². The van der Waals surface area contributed by atoms with E-state index < -0.39 is 5.82 Å².